The number of aryl methyl sites for hydroxylation is 1. The summed E-state index contributed by atoms with van der Waals surface area (Å²) in [5, 5.41) is 16.5. The number of hydrogen-bond acceptors (Lipinski definition) is 5. The number of rotatable bonds is 5. The van der Waals surface area contributed by atoms with Gasteiger partial charge in [-0.2, -0.15) is 5.26 Å². The zero-order chi connectivity index (χ0) is 16.9. The van der Waals surface area contributed by atoms with Crippen molar-refractivity contribution in [3.05, 3.63) is 44.9 Å². The van der Waals surface area contributed by atoms with Crippen LogP contribution in [0.15, 0.2) is 23.6 Å². The van der Waals surface area contributed by atoms with Crippen LogP contribution in [-0.2, 0) is 6.54 Å². The Bertz CT molecular complexity index is 729. The lowest BCUT2D eigenvalue weighted by atomic mass is 9.96. The third-order valence-electron chi connectivity index (χ3n) is 4.44. The van der Waals surface area contributed by atoms with Crippen LogP contribution in [0.4, 0.5) is 5.69 Å². The number of thiazole rings is 1. The van der Waals surface area contributed by atoms with Crippen LogP contribution in [0.25, 0.3) is 0 Å². The van der Waals surface area contributed by atoms with Crippen molar-refractivity contribution in [2.24, 2.45) is 5.92 Å². The van der Waals surface area contributed by atoms with Crippen molar-refractivity contribution in [3.63, 3.8) is 0 Å². The van der Waals surface area contributed by atoms with Crippen molar-refractivity contribution < 1.29 is 0 Å². The van der Waals surface area contributed by atoms with E-state index in [4.69, 9.17) is 11.6 Å². The number of likely N-dealkylation sites (tertiary alicyclic amines) is 1. The van der Waals surface area contributed by atoms with E-state index in [0.717, 1.165) is 36.9 Å². The quantitative estimate of drug-likeness (QED) is 0.863. The van der Waals surface area contributed by atoms with Gasteiger partial charge in [-0.15, -0.1) is 11.3 Å². The van der Waals surface area contributed by atoms with Crippen LogP contribution < -0.4 is 5.32 Å². The number of halogens is 1. The molecule has 1 aliphatic heterocycles. The van der Waals surface area contributed by atoms with E-state index in [1.54, 1.807) is 23.5 Å². The summed E-state index contributed by atoms with van der Waals surface area (Å²) in [4.78, 5) is 7.03. The van der Waals surface area contributed by atoms with Crippen LogP contribution in [0.2, 0.25) is 5.02 Å². The zero-order valence-electron chi connectivity index (χ0n) is 13.8. The second-order valence-corrected chi connectivity index (χ2v) is 7.76. The Morgan fingerprint density at radius 3 is 2.88 bits per heavy atom. The fourth-order valence-corrected chi connectivity index (χ4v) is 3.85. The van der Waals surface area contributed by atoms with Gasteiger partial charge in [-0.3, -0.25) is 4.90 Å². The smallest absolute Gasteiger partial charge is 0.101 e. The van der Waals surface area contributed by atoms with Crippen molar-refractivity contribution >= 4 is 28.6 Å². The Morgan fingerprint density at radius 1 is 1.42 bits per heavy atom. The fourth-order valence-electron chi connectivity index (χ4n) is 3.07. The molecule has 1 N–H and O–H groups in total. The monoisotopic (exact) mass is 360 g/mol. The Balaban J connectivity index is 1.47. The highest BCUT2D eigenvalue weighted by molar-refractivity contribution is 7.09. The maximum Gasteiger partial charge on any atom is 0.101 e. The first-order valence-corrected chi connectivity index (χ1v) is 9.46. The number of nitrogens with zero attached hydrogens (tertiary/aromatic N) is 3. The summed E-state index contributed by atoms with van der Waals surface area (Å²) in [6, 6.07) is 7.57. The summed E-state index contributed by atoms with van der Waals surface area (Å²) < 4.78 is 0. The minimum atomic E-state index is 0.629. The third-order valence-corrected chi connectivity index (χ3v) is 5.50. The SMILES string of the molecule is Cc1nc(CN2CCC(CNc3cc(Cl)ccc3C#N)CC2)cs1. The number of nitriles is 1. The third kappa shape index (κ3) is 4.47. The molecule has 4 nitrogen and oxygen atoms in total. The Kier molecular flexibility index (Phi) is 5.72. The molecule has 0 atom stereocenters. The summed E-state index contributed by atoms with van der Waals surface area (Å²) in [6.07, 6.45) is 2.33. The lowest BCUT2D eigenvalue weighted by molar-refractivity contribution is 0.181. The molecule has 1 fully saturated rings. The highest BCUT2D eigenvalue weighted by Gasteiger charge is 2.20. The van der Waals surface area contributed by atoms with Gasteiger partial charge in [0.25, 0.3) is 0 Å². The molecule has 0 unspecified atom stereocenters. The predicted octanol–water partition coefficient (Wildman–Crippen LogP) is 4.30. The number of benzene rings is 1. The van der Waals surface area contributed by atoms with E-state index in [2.05, 4.69) is 33.6 Å². The average molecular weight is 361 g/mol. The molecule has 0 saturated carbocycles. The van der Waals surface area contributed by atoms with Crippen molar-refractivity contribution in [1.29, 1.82) is 5.26 Å². The number of aromatic nitrogens is 1. The van der Waals surface area contributed by atoms with Crippen molar-refractivity contribution in [2.75, 3.05) is 25.0 Å². The molecule has 1 aromatic carbocycles. The topological polar surface area (TPSA) is 52.0 Å². The number of piperidine rings is 1. The first-order valence-electron chi connectivity index (χ1n) is 8.21. The molecule has 24 heavy (non-hydrogen) atoms. The highest BCUT2D eigenvalue weighted by Crippen LogP contribution is 2.23. The first kappa shape index (κ1) is 17.2. The molecule has 0 aliphatic carbocycles. The number of anilines is 1. The lowest BCUT2D eigenvalue weighted by Gasteiger charge is -2.31. The van der Waals surface area contributed by atoms with Crippen LogP contribution in [0.5, 0.6) is 0 Å². The summed E-state index contributed by atoms with van der Waals surface area (Å²) in [7, 11) is 0. The zero-order valence-corrected chi connectivity index (χ0v) is 15.3. The van der Waals surface area contributed by atoms with Crippen molar-refractivity contribution in [3.8, 4) is 6.07 Å². The molecular formula is C18H21ClN4S. The molecule has 0 spiro atoms. The average Bonchev–Trinajstić information content (AvgIpc) is 2.99. The number of nitrogens with one attached hydrogen (secondary N) is 1. The molecule has 0 amide bonds. The van der Waals surface area contributed by atoms with Gasteiger partial charge in [-0.25, -0.2) is 4.98 Å². The standard InChI is InChI=1S/C18H21ClN4S/c1-13-22-17(12-24-13)11-23-6-4-14(5-7-23)10-21-18-8-16(19)3-2-15(18)9-20/h2-3,8,12,14,21H,4-7,10-11H2,1H3. The van der Waals surface area contributed by atoms with Gasteiger partial charge in [-0.05, 0) is 57.0 Å². The summed E-state index contributed by atoms with van der Waals surface area (Å²) >= 11 is 7.75. The molecular weight excluding hydrogens is 340 g/mol. The predicted molar refractivity (Wildman–Crippen MR) is 99.5 cm³/mol. The maximum atomic E-state index is 9.18. The van der Waals surface area contributed by atoms with Crippen molar-refractivity contribution in [2.45, 2.75) is 26.3 Å². The van der Waals surface area contributed by atoms with E-state index in [0.29, 0.717) is 16.5 Å². The molecule has 1 saturated heterocycles. The summed E-state index contributed by atoms with van der Waals surface area (Å²) in [6.45, 7) is 6.10. The Morgan fingerprint density at radius 2 is 2.21 bits per heavy atom. The van der Waals surface area contributed by atoms with E-state index in [1.807, 2.05) is 6.07 Å². The summed E-state index contributed by atoms with van der Waals surface area (Å²) in [5.74, 6) is 0.629. The van der Waals surface area contributed by atoms with Crippen LogP contribution in [0.3, 0.4) is 0 Å². The van der Waals surface area contributed by atoms with Gasteiger partial charge in [0.15, 0.2) is 0 Å². The van der Waals surface area contributed by atoms with E-state index in [9.17, 15) is 5.26 Å². The Hall–Kier alpha value is -1.61. The van der Waals surface area contributed by atoms with Gasteiger partial charge in [0.2, 0.25) is 0 Å². The van der Waals surface area contributed by atoms with Gasteiger partial charge in [0, 0.05) is 23.5 Å². The van der Waals surface area contributed by atoms with Crippen LogP contribution in [-0.4, -0.2) is 29.5 Å². The molecule has 126 valence electrons. The lowest BCUT2D eigenvalue weighted by Crippen LogP contribution is -2.35. The first-order chi connectivity index (χ1) is 11.6. The van der Waals surface area contributed by atoms with Crippen LogP contribution >= 0.6 is 22.9 Å². The second-order valence-electron chi connectivity index (χ2n) is 6.26. The van der Waals surface area contributed by atoms with E-state index >= 15 is 0 Å². The largest absolute Gasteiger partial charge is 0.384 e. The van der Waals surface area contributed by atoms with Gasteiger partial charge in [0.05, 0.1) is 22.0 Å². The molecule has 1 aliphatic rings. The molecule has 2 heterocycles. The van der Waals surface area contributed by atoms with E-state index in [1.165, 1.54) is 18.5 Å². The molecule has 1 aromatic heterocycles. The molecule has 3 rings (SSSR count). The Labute approximate surface area is 152 Å². The molecule has 0 radical (unpaired) electrons. The minimum Gasteiger partial charge on any atom is -0.384 e. The fraction of sp³-hybridized carbons (Fsp3) is 0.444. The van der Waals surface area contributed by atoms with Crippen molar-refractivity contribution in [1.82, 2.24) is 9.88 Å². The van der Waals surface area contributed by atoms with E-state index in [-0.39, 0.29) is 0 Å². The second kappa shape index (κ2) is 7.98. The molecule has 2 aromatic rings. The molecule has 6 heteroatoms. The number of hydrogen-bond donors (Lipinski definition) is 1. The van der Waals surface area contributed by atoms with Gasteiger partial charge in [0.1, 0.15) is 6.07 Å². The van der Waals surface area contributed by atoms with E-state index < -0.39 is 0 Å². The van der Waals surface area contributed by atoms with Crippen LogP contribution in [0.1, 0.15) is 29.1 Å². The van der Waals surface area contributed by atoms with Gasteiger partial charge >= 0.3 is 0 Å². The van der Waals surface area contributed by atoms with Gasteiger partial charge in [-0.1, -0.05) is 11.6 Å². The molecule has 0 bridgehead atoms. The summed E-state index contributed by atoms with van der Waals surface area (Å²) in [5.41, 5.74) is 2.67. The normalized spacial score (nSPS) is 16.0. The maximum absolute atomic E-state index is 9.18. The highest BCUT2D eigenvalue weighted by atomic mass is 35.5. The van der Waals surface area contributed by atoms with Gasteiger partial charge < -0.3 is 5.32 Å². The minimum absolute atomic E-state index is 0.629. The van der Waals surface area contributed by atoms with Crippen LogP contribution in [0, 0.1) is 24.2 Å².